The summed E-state index contributed by atoms with van der Waals surface area (Å²) in [6.07, 6.45) is 5.07. The average molecular weight is 262 g/mol. The molecule has 102 valence electrons. The molecule has 0 aromatic carbocycles. The molecular formula is C13H18N4O2. The second-order valence-electron chi connectivity index (χ2n) is 4.55. The lowest BCUT2D eigenvalue weighted by atomic mass is 9.99. The number of nitrogens with one attached hydrogen (secondary N) is 3. The average Bonchev–Trinajstić information content (AvgIpc) is 2.47. The molecule has 1 saturated heterocycles. The molecule has 0 aliphatic carbocycles. The number of amides is 2. The van der Waals surface area contributed by atoms with E-state index in [2.05, 4.69) is 20.9 Å². The van der Waals surface area contributed by atoms with E-state index in [0.717, 1.165) is 19.4 Å². The lowest BCUT2D eigenvalue weighted by molar-refractivity contribution is -0.127. The van der Waals surface area contributed by atoms with E-state index >= 15 is 0 Å². The van der Waals surface area contributed by atoms with Crippen molar-refractivity contribution in [1.82, 2.24) is 15.6 Å². The van der Waals surface area contributed by atoms with Gasteiger partial charge in [-0.05, 0) is 31.5 Å². The van der Waals surface area contributed by atoms with Gasteiger partial charge in [-0.1, -0.05) is 0 Å². The number of piperidine rings is 1. The molecule has 6 nitrogen and oxygen atoms in total. The van der Waals surface area contributed by atoms with E-state index in [4.69, 9.17) is 0 Å². The van der Waals surface area contributed by atoms with Crippen LogP contribution >= 0.6 is 0 Å². The number of aromatic nitrogens is 1. The molecule has 0 spiro atoms. The summed E-state index contributed by atoms with van der Waals surface area (Å²) in [5.41, 5.74) is 0.626. The third-order valence-electron chi connectivity index (χ3n) is 3.04. The summed E-state index contributed by atoms with van der Waals surface area (Å²) in [4.78, 5) is 27.3. The predicted octanol–water partition coefficient (Wildman–Crippen LogP) is 0.136. The maximum Gasteiger partial charge on any atom is 0.243 e. The second kappa shape index (κ2) is 6.84. The number of carbonyl (C=O) groups is 2. The molecule has 0 bridgehead atoms. The Balaban J connectivity index is 1.72. The lowest BCUT2D eigenvalue weighted by Crippen LogP contribution is -2.42. The Morgan fingerprint density at radius 2 is 2.37 bits per heavy atom. The Kier molecular flexibility index (Phi) is 4.85. The third-order valence-corrected chi connectivity index (χ3v) is 3.04. The van der Waals surface area contributed by atoms with Gasteiger partial charge in [0.1, 0.15) is 0 Å². The van der Waals surface area contributed by atoms with Crippen molar-refractivity contribution in [1.29, 1.82) is 0 Å². The highest BCUT2D eigenvalue weighted by atomic mass is 16.2. The van der Waals surface area contributed by atoms with Crippen LogP contribution in [0.2, 0.25) is 0 Å². The Bertz CT molecular complexity index is 430. The number of anilines is 1. The molecule has 2 heterocycles. The standard InChI is InChI=1S/C13H18N4O2/c18-12(17-11-4-2-6-15-8-11)9-16-13(19)10-3-1-5-14-7-10/h2,4,6,8,10,14H,1,3,5,7,9H2,(H,16,19)(H,17,18). The number of carbonyl (C=O) groups excluding carboxylic acids is 2. The number of hydrogen-bond donors (Lipinski definition) is 3. The molecule has 0 saturated carbocycles. The number of pyridine rings is 1. The van der Waals surface area contributed by atoms with Crippen LogP contribution in [0.15, 0.2) is 24.5 Å². The zero-order valence-corrected chi connectivity index (χ0v) is 10.7. The topological polar surface area (TPSA) is 83.1 Å². The highest BCUT2D eigenvalue weighted by molar-refractivity contribution is 5.94. The van der Waals surface area contributed by atoms with E-state index in [1.807, 2.05) is 0 Å². The number of rotatable bonds is 4. The summed E-state index contributed by atoms with van der Waals surface area (Å²) in [6.45, 7) is 1.64. The fourth-order valence-electron chi connectivity index (χ4n) is 2.03. The molecule has 0 radical (unpaired) electrons. The highest BCUT2D eigenvalue weighted by Gasteiger charge is 2.20. The van der Waals surface area contributed by atoms with Gasteiger partial charge >= 0.3 is 0 Å². The molecule has 2 rings (SSSR count). The molecule has 1 atom stereocenters. The zero-order chi connectivity index (χ0) is 13.5. The summed E-state index contributed by atoms with van der Waals surface area (Å²) in [6, 6.07) is 3.49. The van der Waals surface area contributed by atoms with Crippen LogP contribution in [0.5, 0.6) is 0 Å². The molecule has 1 unspecified atom stereocenters. The van der Waals surface area contributed by atoms with Crippen LogP contribution in [-0.2, 0) is 9.59 Å². The van der Waals surface area contributed by atoms with Crippen molar-refractivity contribution in [2.24, 2.45) is 5.92 Å². The van der Waals surface area contributed by atoms with Gasteiger partial charge in [0.25, 0.3) is 0 Å². The molecule has 6 heteroatoms. The first-order chi connectivity index (χ1) is 9.25. The summed E-state index contributed by atoms with van der Waals surface area (Å²) in [5, 5.41) is 8.50. The second-order valence-corrected chi connectivity index (χ2v) is 4.55. The van der Waals surface area contributed by atoms with E-state index in [0.29, 0.717) is 12.2 Å². The van der Waals surface area contributed by atoms with Gasteiger partial charge in [-0.2, -0.15) is 0 Å². The minimum atomic E-state index is -0.245. The van der Waals surface area contributed by atoms with E-state index in [9.17, 15) is 9.59 Å². The third kappa shape index (κ3) is 4.33. The van der Waals surface area contributed by atoms with Crippen molar-refractivity contribution in [3.63, 3.8) is 0 Å². The Morgan fingerprint density at radius 1 is 1.47 bits per heavy atom. The minimum absolute atomic E-state index is 0.00969. The van der Waals surface area contributed by atoms with Gasteiger partial charge in [0.05, 0.1) is 24.3 Å². The summed E-state index contributed by atoms with van der Waals surface area (Å²) in [5.74, 6) is -0.335. The van der Waals surface area contributed by atoms with Crippen LogP contribution in [0.1, 0.15) is 12.8 Å². The van der Waals surface area contributed by atoms with Crippen molar-refractivity contribution in [3.8, 4) is 0 Å². The van der Waals surface area contributed by atoms with Crippen LogP contribution in [0.4, 0.5) is 5.69 Å². The van der Waals surface area contributed by atoms with Gasteiger partial charge in [-0.15, -0.1) is 0 Å². The molecule has 19 heavy (non-hydrogen) atoms. The summed E-state index contributed by atoms with van der Waals surface area (Å²) >= 11 is 0. The van der Waals surface area contributed by atoms with Crippen molar-refractivity contribution in [2.45, 2.75) is 12.8 Å². The predicted molar refractivity (Wildman–Crippen MR) is 71.5 cm³/mol. The minimum Gasteiger partial charge on any atom is -0.347 e. The SMILES string of the molecule is O=C(CNC(=O)C1CCCNC1)Nc1cccnc1. The molecule has 1 aromatic heterocycles. The van der Waals surface area contributed by atoms with Crippen LogP contribution < -0.4 is 16.0 Å². The van der Waals surface area contributed by atoms with Gasteiger partial charge in [0.15, 0.2) is 0 Å². The van der Waals surface area contributed by atoms with Crippen LogP contribution in [0.3, 0.4) is 0 Å². The Morgan fingerprint density at radius 3 is 3.05 bits per heavy atom. The lowest BCUT2D eigenvalue weighted by Gasteiger charge is -2.21. The van der Waals surface area contributed by atoms with Gasteiger partial charge < -0.3 is 16.0 Å². The molecule has 3 N–H and O–H groups in total. The van der Waals surface area contributed by atoms with Crippen molar-refractivity contribution >= 4 is 17.5 Å². The smallest absolute Gasteiger partial charge is 0.243 e. The first-order valence-corrected chi connectivity index (χ1v) is 6.44. The molecule has 1 aliphatic rings. The summed E-state index contributed by atoms with van der Waals surface area (Å²) < 4.78 is 0. The van der Waals surface area contributed by atoms with E-state index in [1.165, 1.54) is 0 Å². The number of nitrogens with zero attached hydrogens (tertiary/aromatic N) is 1. The zero-order valence-electron chi connectivity index (χ0n) is 10.7. The first kappa shape index (κ1) is 13.5. The van der Waals surface area contributed by atoms with Crippen LogP contribution in [0.25, 0.3) is 0 Å². The fraction of sp³-hybridized carbons (Fsp3) is 0.462. The Labute approximate surface area is 112 Å². The van der Waals surface area contributed by atoms with Crippen LogP contribution in [0, 0.1) is 5.92 Å². The normalized spacial score (nSPS) is 18.6. The van der Waals surface area contributed by atoms with Crippen molar-refractivity contribution in [3.05, 3.63) is 24.5 Å². The quantitative estimate of drug-likeness (QED) is 0.720. The molecule has 2 amide bonds. The maximum absolute atomic E-state index is 11.8. The van der Waals surface area contributed by atoms with Crippen LogP contribution in [-0.4, -0.2) is 36.4 Å². The summed E-state index contributed by atoms with van der Waals surface area (Å²) in [7, 11) is 0. The maximum atomic E-state index is 11.8. The number of hydrogen-bond acceptors (Lipinski definition) is 4. The van der Waals surface area contributed by atoms with Crippen molar-refractivity contribution < 1.29 is 9.59 Å². The van der Waals surface area contributed by atoms with E-state index in [-0.39, 0.29) is 24.3 Å². The highest BCUT2D eigenvalue weighted by Crippen LogP contribution is 2.09. The van der Waals surface area contributed by atoms with E-state index < -0.39 is 0 Å². The first-order valence-electron chi connectivity index (χ1n) is 6.44. The van der Waals surface area contributed by atoms with Gasteiger partial charge in [0, 0.05) is 12.7 Å². The molecular weight excluding hydrogens is 244 g/mol. The molecule has 1 aromatic rings. The van der Waals surface area contributed by atoms with Gasteiger partial charge in [0.2, 0.25) is 11.8 Å². The largest absolute Gasteiger partial charge is 0.347 e. The molecule has 1 fully saturated rings. The van der Waals surface area contributed by atoms with Crippen molar-refractivity contribution in [2.75, 3.05) is 25.0 Å². The fourth-order valence-corrected chi connectivity index (χ4v) is 2.03. The Hall–Kier alpha value is -1.95. The van der Waals surface area contributed by atoms with Gasteiger partial charge in [-0.25, -0.2) is 0 Å². The molecule has 1 aliphatic heterocycles. The van der Waals surface area contributed by atoms with Gasteiger partial charge in [-0.3, -0.25) is 14.6 Å². The van der Waals surface area contributed by atoms with E-state index in [1.54, 1.807) is 24.5 Å². The monoisotopic (exact) mass is 262 g/mol.